The predicted molar refractivity (Wildman–Crippen MR) is 80.6 cm³/mol. The number of benzene rings is 1. The largest absolute Gasteiger partial charge is 0.469 e. The van der Waals surface area contributed by atoms with Crippen molar-refractivity contribution in [2.75, 3.05) is 7.11 Å². The van der Waals surface area contributed by atoms with Gasteiger partial charge in [0.15, 0.2) is 0 Å². The van der Waals surface area contributed by atoms with Crippen LogP contribution in [-0.4, -0.2) is 18.1 Å². The van der Waals surface area contributed by atoms with E-state index in [1.807, 2.05) is 6.20 Å². The maximum absolute atomic E-state index is 11.1. The molecule has 0 amide bonds. The molecule has 0 saturated heterocycles. The lowest BCUT2D eigenvalue weighted by atomic mass is 10.2. The monoisotopic (exact) mass is 373 g/mol. The number of rotatable bonds is 4. The molecule has 0 spiro atoms. The van der Waals surface area contributed by atoms with Crippen LogP contribution >= 0.6 is 33.9 Å². The van der Waals surface area contributed by atoms with Crippen LogP contribution in [-0.2, 0) is 16.0 Å². The third kappa shape index (κ3) is 3.52. The minimum absolute atomic E-state index is 0.194. The normalized spacial score (nSPS) is 10.3. The summed E-state index contributed by atoms with van der Waals surface area (Å²) < 4.78 is 5.83. The number of hydrogen-bond donors (Lipinski definition) is 0. The highest BCUT2D eigenvalue weighted by molar-refractivity contribution is 14.1. The van der Waals surface area contributed by atoms with Crippen molar-refractivity contribution < 1.29 is 9.53 Å². The van der Waals surface area contributed by atoms with E-state index in [4.69, 9.17) is 0 Å². The second-order valence-electron chi connectivity index (χ2n) is 3.70. The number of methoxy groups -OCH3 is 1. The van der Waals surface area contributed by atoms with E-state index in [-0.39, 0.29) is 5.97 Å². The Morgan fingerprint density at radius 1 is 1.39 bits per heavy atom. The summed E-state index contributed by atoms with van der Waals surface area (Å²) in [5.41, 5.74) is 1.16. The minimum Gasteiger partial charge on any atom is -0.469 e. The molecule has 0 aliphatic carbocycles. The number of esters is 1. The first kappa shape index (κ1) is 13.5. The summed E-state index contributed by atoms with van der Waals surface area (Å²) in [5.74, 6) is -0.194. The van der Waals surface area contributed by atoms with Crippen LogP contribution in [0.3, 0.4) is 0 Å². The Hall–Kier alpha value is -0.950. The Bertz CT molecular complexity index is 536. The fraction of sp³-hybridized carbons (Fsp3) is 0.231. The molecule has 0 radical (unpaired) electrons. The van der Waals surface area contributed by atoms with Gasteiger partial charge in [0.25, 0.3) is 0 Å². The number of halogens is 1. The van der Waals surface area contributed by atoms with E-state index < -0.39 is 0 Å². The van der Waals surface area contributed by atoms with Crippen molar-refractivity contribution >= 4 is 39.9 Å². The first-order valence-electron chi connectivity index (χ1n) is 5.46. The maximum Gasteiger partial charge on any atom is 0.305 e. The van der Waals surface area contributed by atoms with E-state index in [2.05, 4.69) is 56.6 Å². The van der Waals surface area contributed by atoms with Crippen molar-refractivity contribution in [1.82, 2.24) is 4.98 Å². The zero-order valence-corrected chi connectivity index (χ0v) is 12.8. The lowest BCUT2D eigenvalue weighted by molar-refractivity contribution is -0.140. The number of thiazole rings is 1. The van der Waals surface area contributed by atoms with Crippen molar-refractivity contribution in [2.45, 2.75) is 12.8 Å². The summed E-state index contributed by atoms with van der Waals surface area (Å²) in [7, 11) is 1.40. The summed E-state index contributed by atoms with van der Waals surface area (Å²) in [4.78, 5) is 16.5. The zero-order chi connectivity index (χ0) is 13.0. The van der Waals surface area contributed by atoms with Gasteiger partial charge in [-0.3, -0.25) is 4.79 Å². The fourth-order valence-electron chi connectivity index (χ4n) is 1.48. The Kier molecular flexibility index (Phi) is 4.71. The second-order valence-corrected chi connectivity index (χ2v) is 6.06. The quantitative estimate of drug-likeness (QED) is 0.608. The molecule has 0 fully saturated rings. The average molecular weight is 373 g/mol. The third-order valence-corrected chi connectivity index (χ3v) is 4.28. The molecular weight excluding hydrogens is 361 g/mol. The Morgan fingerprint density at radius 2 is 2.11 bits per heavy atom. The van der Waals surface area contributed by atoms with Crippen molar-refractivity contribution in [1.29, 1.82) is 0 Å². The highest BCUT2D eigenvalue weighted by Gasteiger charge is 2.07. The summed E-state index contributed by atoms with van der Waals surface area (Å²) in [5, 5.41) is 0.967. The number of aromatic nitrogens is 1. The summed E-state index contributed by atoms with van der Waals surface area (Å²) >= 11 is 3.91. The van der Waals surface area contributed by atoms with Gasteiger partial charge in [-0.05, 0) is 40.3 Å². The smallest absolute Gasteiger partial charge is 0.305 e. The summed E-state index contributed by atoms with van der Waals surface area (Å²) in [6.07, 6.45) is 2.89. The van der Waals surface area contributed by atoms with Gasteiger partial charge in [-0.25, -0.2) is 4.98 Å². The molecule has 2 rings (SSSR count). The minimum atomic E-state index is -0.194. The molecule has 0 atom stereocenters. The van der Waals surface area contributed by atoms with Gasteiger partial charge in [-0.1, -0.05) is 12.1 Å². The van der Waals surface area contributed by atoms with Crippen LogP contribution in [0.2, 0.25) is 0 Å². The number of carbonyl (C=O) groups is 1. The molecule has 0 N–H and O–H groups in total. The van der Waals surface area contributed by atoms with Crippen LogP contribution in [0.25, 0.3) is 10.4 Å². The van der Waals surface area contributed by atoms with Gasteiger partial charge in [-0.15, -0.1) is 11.3 Å². The van der Waals surface area contributed by atoms with Crippen LogP contribution in [0.5, 0.6) is 0 Å². The van der Waals surface area contributed by atoms with Gasteiger partial charge in [-0.2, -0.15) is 0 Å². The Labute approximate surface area is 123 Å². The average Bonchev–Trinajstić information content (AvgIpc) is 2.85. The molecule has 1 aromatic carbocycles. The second kappa shape index (κ2) is 6.29. The Balaban J connectivity index is 2.06. The fourth-order valence-corrected chi connectivity index (χ4v) is 2.77. The summed E-state index contributed by atoms with van der Waals surface area (Å²) in [6.45, 7) is 0. The van der Waals surface area contributed by atoms with Gasteiger partial charge in [0.2, 0.25) is 0 Å². The van der Waals surface area contributed by atoms with Crippen molar-refractivity contribution in [3.63, 3.8) is 0 Å². The SMILES string of the molecule is COC(=O)CCc1ncc(-c2ccc(I)cc2)s1. The topological polar surface area (TPSA) is 39.2 Å². The molecule has 0 aliphatic rings. The molecule has 3 nitrogen and oxygen atoms in total. The van der Waals surface area contributed by atoms with Crippen LogP contribution in [0, 0.1) is 3.57 Å². The molecule has 1 heterocycles. The molecule has 18 heavy (non-hydrogen) atoms. The lowest BCUT2D eigenvalue weighted by Gasteiger charge is -1.97. The van der Waals surface area contributed by atoms with Crippen LogP contribution < -0.4 is 0 Å². The molecular formula is C13H12INO2S. The van der Waals surface area contributed by atoms with Crippen molar-refractivity contribution in [2.24, 2.45) is 0 Å². The molecule has 0 unspecified atom stereocenters. The lowest BCUT2D eigenvalue weighted by Crippen LogP contribution is -2.01. The van der Waals surface area contributed by atoms with Crippen molar-refractivity contribution in [3.05, 3.63) is 39.0 Å². The van der Waals surface area contributed by atoms with E-state index in [1.54, 1.807) is 11.3 Å². The molecule has 0 saturated carbocycles. The van der Waals surface area contributed by atoms with E-state index in [0.717, 1.165) is 15.4 Å². The van der Waals surface area contributed by atoms with Gasteiger partial charge < -0.3 is 4.74 Å². The number of carbonyl (C=O) groups excluding carboxylic acids is 1. The first-order chi connectivity index (χ1) is 8.69. The Morgan fingerprint density at radius 3 is 2.78 bits per heavy atom. The molecule has 2 aromatic rings. The highest BCUT2D eigenvalue weighted by Crippen LogP contribution is 2.27. The van der Waals surface area contributed by atoms with Gasteiger partial charge >= 0.3 is 5.97 Å². The molecule has 1 aromatic heterocycles. The number of hydrogen-bond acceptors (Lipinski definition) is 4. The molecule has 0 aliphatic heterocycles. The van der Waals surface area contributed by atoms with Crippen LogP contribution in [0.1, 0.15) is 11.4 Å². The number of ether oxygens (including phenoxy) is 1. The zero-order valence-electron chi connectivity index (χ0n) is 9.85. The summed E-state index contributed by atoms with van der Waals surface area (Å²) in [6, 6.07) is 8.31. The van der Waals surface area contributed by atoms with Crippen LogP contribution in [0.15, 0.2) is 30.5 Å². The predicted octanol–water partition coefficient (Wildman–Crippen LogP) is 3.52. The standard InChI is InChI=1S/C13H12INO2S/c1-17-13(16)7-6-12-15-8-11(18-12)9-2-4-10(14)5-3-9/h2-5,8H,6-7H2,1H3. The first-order valence-corrected chi connectivity index (χ1v) is 7.36. The molecule has 5 heteroatoms. The molecule has 0 bridgehead atoms. The van der Waals surface area contributed by atoms with E-state index in [0.29, 0.717) is 12.8 Å². The van der Waals surface area contributed by atoms with Crippen molar-refractivity contribution in [3.8, 4) is 10.4 Å². The number of aryl methyl sites for hydroxylation is 1. The van der Waals surface area contributed by atoms with E-state index >= 15 is 0 Å². The number of nitrogens with zero attached hydrogens (tertiary/aromatic N) is 1. The highest BCUT2D eigenvalue weighted by atomic mass is 127. The molecule has 94 valence electrons. The van der Waals surface area contributed by atoms with Crippen LogP contribution in [0.4, 0.5) is 0 Å². The van der Waals surface area contributed by atoms with Gasteiger partial charge in [0.05, 0.1) is 23.4 Å². The van der Waals surface area contributed by atoms with E-state index in [1.165, 1.54) is 10.7 Å². The van der Waals surface area contributed by atoms with E-state index in [9.17, 15) is 4.79 Å². The van der Waals surface area contributed by atoms with Gasteiger partial charge in [0, 0.05) is 16.2 Å². The maximum atomic E-state index is 11.1. The third-order valence-electron chi connectivity index (χ3n) is 2.45. The van der Waals surface area contributed by atoms with Gasteiger partial charge in [0.1, 0.15) is 0 Å².